The van der Waals surface area contributed by atoms with Crippen LogP contribution in [0.3, 0.4) is 0 Å². The summed E-state index contributed by atoms with van der Waals surface area (Å²) in [6.07, 6.45) is -1.10. The lowest BCUT2D eigenvalue weighted by atomic mass is 10.3. The number of hydrogen-bond donors (Lipinski definition) is 2. The van der Waals surface area contributed by atoms with Gasteiger partial charge in [0.1, 0.15) is 6.33 Å². The Morgan fingerprint density at radius 1 is 1.24 bits per heavy atom. The summed E-state index contributed by atoms with van der Waals surface area (Å²) in [4.78, 5) is 23.4. The molecule has 9 nitrogen and oxygen atoms in total. The normalized spacial score (nSPS) is 11.1. The second kappa shape index (κ2) is 11.7. The zero-order valence-electron chi connectivity index (χ0n) is 17.8. The van der Waals surface area contributed by atoms with Gasteiger partial charge in [-0.1, -0.05) is 0 Å². The van der Waals surface area contributed by atoms with Gasteiger partial charge in [0.25, 0.3) is 6.08 Å². The van der Waals surface area contributed by atoms with Crippen molar-refractivity contribution in [2.24, 2.45) is 5.73 Å². The number of aryl methyl sites for hydroxylation is 3. The van der Waals surface area contributed by atoms with Crippen molar-refractivity contribution < 1.29 is 31.9 Å². The third-order valence-corrected chi connectivity index (χ3v) is 5.59. The predicted octanol–water partition coefficient (Wildman–Crippen LogP) is 2.97. The van der Waals surface area contributed by atoms with E-state index in [9.17, 15) is 26.7 Å². The topological polar surface area (TPSA) is 121 Å². The number of carboxylic acids is 1. The van der Waals surface area contributed by atoms with Crippen molar-refractivity contribution >= 4 is 17.3 Å². The maximum absolute atomic E-state index is 12.7. The summed E-state index contributed by atoms with van der Waals surface area (Å²) in [5.41, 5.74) is 5.62. The van der Waals surface area contributed by atoms with Crippen molar-refractivity contribution in [2.75, 3.05) is 6.54 Å². The molecule has 15 heteroatoms. The van der Waals surface area contributed by atoms with Gasteiger partial charge in [-0.05, 0) is 25.5 Å². The minimum Gasteiger partial charge on any atom is -0.475 e. The van der Waals surface area contributed by atoms with Gasteiger partial charge >= 0.3 is 17.8 Å². The van der Waals surface area contributed by atoms with Crippen molar-refractivity contribution in [3.8, 4) is 10.4 Å². The maximum Gasteiger partial charge on any atom is 0.490 e. The Labute approximate surface area is 193 Å². The number of aliphatic carboxylic acids is 1. The molecule has 3 heterocycles. The minimum absolute atomic E-state index is 0.294. The molecule has 0 aliphatic carbocycles. The van der Waals surface area contributed by atoms with Crippen LogP contribution >= 0.6 is 11.3 Å². The Balaban J connectivity index is 0.000000509. The number of nitrogens with zero attached hydrogens (tertiary/aromatic N) is 5. The van der Waals surface area contributed by atoms with Crippen LogP contribution in [0.5, 0.6) is 0 Å². The SMILES string of the molecule is CCn1cc(-c2ccc(CCn3cnn(CC(CN)=C(F)F)c3=O)s2)cn1.O=C(O)C(F)(F)F. The van der Waals surface area contributed by atoms with E-state index in [-0.39, 0.29) is 18.7 Å². The van der Waals surface area contributed by atoms with E-state index in [2.05, 4.69) is 10.2 Å². The van der Waals surface area contributed by atoms with Gasteiger partial charge in [0.15, 0.2) is 0 Å². The van der Waals surface area contributed by atoms with Crippen molar-refractivity contribution in [3.05, 3.63) is 57.9 Å². The molecule has 3 N–H and O–H groups in total. The maximum atomic E-state index is 12.7. The molecule has 186 valence electrons. The molecule has 0 saturated heterocycles. The first-order chi connectivity index (χ1) is 16.0. The standard InChI is InChI=1S/C17H20F2N6OS.C2HF3O2/c1-2-24-9-13(8-21-24)15-4-3-14(27-15)5-6-23-11-22-25(17(23)26)10-12(7-20)16(18)19;3-2(4,5)1(6)7/h3-4,8-9,11H,2,5-7,10,20H2,1H3;(H,6,7). The number of halogens is 5. The van der Waals surface area contributed by atoms with Crippen LogP contribution in [0.1, 0.15) is 11.8 Å². The molecular formula is C19H21F5N6O3S. The molecule has 0 aliphatic heterocycles. The zero-order valence-corrected chi connectivity index (χ0v) is 18.6. The van der Waals surface area contributed by atoms with Gasteiger partial charge in [-0.25, -0.2) is 14.3 Å². The van der Waals surface area contributed by atoms with Crippen LogP contribution in [0.4, 0.5) is 22.0 Å². The number of aromatic nitrogens is 5. The Morgan fingerprint density at radius 2 is 1.91 bits per heavy atom. The van der Waals surface area contributed by atoms with E-state index >= 15 is 0 Å². The highest BCUT2D eigenvalue weighted by molar-refractivity contribution is 7.15. The molecule has 0 aromatic carbocycles. The van der Waals surface area contributed by atoms with E-state index < -0.39 is 23.9 Å². The molecule has 0 spiro atoms. The Bertz CT molecular complexity index is 1190. The summed E-state index contributed by atoms with van der Waals surface area (Å²) in [5.74, 6) is -2.76. The van der Waals surface area contributed by atoms with Gasteiger partial charge < -0.3 is 10.8 Å². The second-order valence-corrected chi connectivity index (χ2v) is 7.90. The third-order valence-electron chi connectivity index (χ3n) is 4.40. The number of thiophene rings is 1. The lowest BCUT2D eigenvalue weighted by molar-refractivity contribution is -0.192. The largest absolute Gasteiger partial charge is 0.490 e. The van der Waals surface area contributed by atoms with Crippen LogP contribution < -0.4 is 11.4 Å². The van der Waals surface area contributed by atoms with Crippen LogP contribution in [0.2, 0.25) is 0 Å². The van der Waals surface area contributed by atoms with Crippen LogP contribution in [0.25, 0.3) is 10.4 Å². The summed E-state index contributed by atoms with van der Waals surface area (Å²) in [5, 5.41) is 15.3. The summed E-state index contributed by atoms with van der Waals surface area (Å²) in [7, 11) is 0. The third kappa shape index (κ3) is 7.34. The summed E-state index contributed by atoms with van der Waals surface area (Å²) in [6, 6.07) is 4.05. The second-order valence-electron chi connectivity index (χ2n) is 6.74. The Hall–Kier alpha value is -3.33. The summed E-state index contributed by atoms with van der Waals surface area (Å²) < 4.78 is 61.4. The number of nitrogens with two attached hydrogens (primary N) is 1. The van der Waals surface area contributed by atoms with Gasteiger partial charge in [-0.15, -0.1) is 11.3 Å². The van der Waals surface area contributed by atoms with E-state index in [1.165, 1.54) is 10.9 Å². The van der Waals surface area contributed by atoms with Gasteiger partial charge in [0.05, 0.1) is 12.7 Å². The average Bonchev–Trinajstić information content (AvgIpc) is 3.50. The molecule has 3 rings (SSSR count). The van der Waals surface area contributed by atoms with E-state index in [0.717, 1.165) is 26.5 Å². The smallest absolute Gasteiger partial charge is 0.475 e. The van der Waals surface area contributed by atoms with Gasteiger partial charge in [0.2, 0.25) is 0 Å². The van der Waals surface area contributed by atoms with Crippen LogP contribution in [0.15, 0.2) is 47.3 Å². The van der Waals surface area contributed by atoms with Crippen molar-refractivity contribution in [1.82, 2.24) is 24.1 Å². The quantitative estimate of drug-likeness (QED) is 0.452. The van der Waals surface area contributed by atoms with Crippen molar-refractivity contribution in [2.45, 2.75) is 39.2 Å². The molecule has 0 saturated carbocycles. The lowest BCUT2D eigenvalue weighted by Crippen LogP contribution is -2.27. The highest BCUT2D eigenvalue weighted by Gasteiger charge is 2.38. The first kappa shape index (κ1) is 26.9. The summed E-state index contributed by atoms with van der Waals surface area (Å²) in [6.45, 7) is 2.66. The molecule has 0 unspecified atom stereocenters. The fourth-order valence-electron chi connectivity index (χ4n) is 2.58. The first-order valence-corrected chi connectivity index (χ1v) is 10.5. The predicted molar refractivity (Wildman–Crippen MR) is 113 cm³/mol. The number of hydrogen-bond acceptors (Lipinski definition) is 6. The van der Waals surface area contributed by atoms with E-state index in [4.69, 9.17) is 15.6 Å². The van der Waals surface area contributed by atoms with Crippen LogP contribution in [-0.2, 0) is 30.8 Å². The van der Waals surface area contributed by atoms with Gasteiger partial charge in [-0.2, -0.15) is 32.1 Å². The molecule has 34 heavy (non-hydrogen) atoms. The molecule has 0 radical (unpaired) electrons. The number of carbonyl (C=O) groups is 1. The molecule has 0 fully saturated rings. The Morgan fingerprint density at radius 3 is 2.44 bits per heavy atom. The minimum atomic E-state index is -5.08. The molecule has 0 aliphatic rings. The summed E-state index contributed by atoms with van der Waals surface area (Å²) >= 11 is 1.64. The molecule has 0 amide bonds. The first-order valence-electron chi connectivity index (χ1n) is 9.73. The van der Waals surface area contributed by atoms with Gasteiger partial charge in [0, 0.05) is 46.7 Å². The van der Waals surface area contributed by atoms with Crippen molar-refractivity contribution in [1.29, 1.82) is 0 Å². The molecule has 3 aromatic rings. The zero-order chi connectivity index (χ0) is 25.5. The fourth-order valence-corrected chi connectivity index (χ4v) is 3.55. The monoisotopic (exact) mass is 508 g/mol. The fraction of sp³-hybridized carbons (Fsp3) is 0.368. The molecule has 3 aromatic heterocycles. The van der Waals surface area contributed by atoms with Gasteiger partial charge in [-0.3, -0.25) is 9.25 Å². The molecular weight excluding hydrogens is 487 g/mol. The van der Waals surface area contributed by atoms with E-state index in [1.807, 2.05) is 36.1 Å². The Kier molecular flexibility index (Phi) is 9.26. The number of alkyl halides is 3. The van der Waals surface area contributed by atoms with E-state index in [1.54, 1.807) is 11.3 Å². The number of rotatable bonds is 8. The average molecular weight is 508 g/mol. The van der Waals surface area contributed by atoms with E-state index in [0.29, 0.717) is 13.0 Å². The van der Waals surface area contributed by atoms with Crippen LogP contribution in [-0.4, -0.2) is 47.9 Å². The lowest BCUT2D eigenvalue weighted by Gasteiger charge is -2.02. The highest BCUT2D eigenvalue weighted by Crippen LogP contribution is 2.28. The highest BCUT2D eigenvalue weighted by atomic mass is 32.1. The van der Waals surface area contributed by atoms with Crippen LogP contribution in [0, 0.1) is 0 Å². The number of carboxylic acid groups (broad SMARTS) is 1. The molecule has 0 atom stereocenters. The molecule has 0 bridgehead atoms. The van der Waals surface area contributed by atoms with Crippen molar-refractivity contribution in [3.63, 3.8) is 0 Å².